The number of amides is 1. The van der Waals surface area contributed by atoms with Crippen LogP contribution < -0.4 is 9.62 Å². The van der Waals surface area contributed by atoms with Crippen LogP contribution in [0.2, 0.25) is 10.0 Å². The van der Waals surface area contributed by atoms with E-state index in [0.717, 1.165) is 5.56 Å². The average molecular weight is 449 g/mol. The summed E-state index contributed by atoms with van der Waals surface area (Å²) in [5, 5.41) is 3.17. The average Bonchev–Trinajstić information content (AvgIpc) is 2.71. The van der Waals surface area contributed by atoms with Crippen LogP contribution in [0.5, 0.6) is 0 Å². The number of halogens is 2. The Kier molecular flexibility index (Phi) is 6.17. The Labute approximate surface area is 179 Å². The van der Waals surface area contributed by atoms with Gasteiger partial charge < -0.3 is 5.32 Å². The van der Waals surface area contributed by atoms with Gasteiger partial charge in [0.2, 0.25) is 0 Å². The van der Waals surface area contributed by atoms with Crippen LogP contribution in [0.3, 0.4) is 0 Å². The predicted molar refractivity (Wildman–Crippen MR) is 118 cm³/mol. The van der Waals surface area contributed by atoms with Gasteiger partial charge in [0, 0.05) is 12.6 Å². The molecule has 5 nitrogen and oxygen atoms in total. The van der Waals surface area contributed by atoms with Crippen molar-refractivity contribution in [1.82, 2.24) is 0 Å². The first kappa shape index (κ1) is 21.2. The second-order valence-electron chi connectivity index (χ2n) is 6.39. The number of rotatable bonds is 5. The summed E-state index contributed by atoms with van der Waals surface area (Å²) < 4.78 is 27.2. The topological polar surface area (TPSA) is 66.5 Å². The summed E-state index contributed by atoms with van der Waals surface area (Å²) in [7, 11) is -2.37. The first-order valence-electron chi connectivity index (χ1n) is 8.61. The van der Waals surface area contributed by atoms with Crippen LogP contribution in [0.4, 0.5) is 11.4 Å². The summed E-state index contributed by atoms with van der Waals surface area (Å²) in [6.07, 6.45) is 0. The van der Waals surface area contributed by atoms with Gasteiger partial charge in [0.15, 0.2) is 0 Å². The highest BCUT2D eigenvalue weighted by Crippen LogP contribution is 2.30. The van der Waals surface area contributed by atoms with E-state index in [4.69, 9.17) is 23.2 Å². The van der Waals surface area contributed by atoms with E-state index in [1.54, 1.807) is 36.4 Å². The van der Waals surface area contributed by atoms with E-state index in [2.05, 4.69) is 5.32 Å². The van der Waals surface area contributed by atoms with Crippen molar-refractivity contribution < 1.29 is 13.2 Å². The molecular weight excluding hydrogens is 431 g/mol. The van der Waals surface area contributed by atoms with E-state index in [1.165, 1.54) is 35.6 Å². The number of aryl methyl sites for hydroxylation is 1. The van der Waals surface area contributed by atoms with Crippen molar-refractivity contribution in [2.45, 2.75) is 11.8 Å². The van der Waals surface area contributed by atoms with Crippen LogP contribution in [0, 0.1) is 6.92 Å². The summed E-state index contributed by atoms with van der Waals surface area (Å²) >= 11 is 12.1. The number of carbonyl (C=O) groups excluding carboxylic acids is 1. The molecule has 3 aromatic rings. The molecule has 0 saturated heterocycles. The lowest BCUT2D eigenvalue weighted by atomic mass is 10.2. The summed E-state index contributed by atoms with van der Waals surface area (Å²) in [4.78, 5) is 12.6. The Morgan fingerprint density at radius 2 is 1.66 bits per heavy atom. The number of hydrogen-bond acceptors (Lipinski definition) is 3. The molecular formula is C21H18Cl2N2O3S. The maximum absolute atomic E-state index is 13.0. The molecule has 0 heterocycles. The molecule has 0 spiro atoms. The predicted octanol–water partition coefficient (Wildman–Crippen LogP) is 5.38. The lowest BCUT2D eigenvalue weighted by molar-refractivity contribution is 0.102. The van der Waals surface area contributed by atoms with Gasteiger partial charge in [-0.25, -0.2) is 8.42 Å². The number of anilines is 2. The fourth-order valence-corrected chi connectivity index (χ4v) is 4.29. The third kappa shape index (κ3) is 4.56. The van der Waals surface area contributed by atoms with Crippen molar-refractivity contribution in [3.8, 4) is 0 Å². The number of benzene rings is 3. The molecule has 29 heavy (non-hydrogen) atoms. The SMILES string of the molecule is Cc1cccc(N(C)S(=O)(=O)c2cccc(C(=O)Nc3cccc(Cl)c3Cl)c2)c1. The molecule has 0 saturated carbocycles. The monoisotopic (exact) mass is 448 g/mol. The van der Waals surface area contributed by atoms with Crippen LogP contribution in [0.1, 0.15) is 15.9 Å². The molecule has 0 aromatic heterocycles. The summed E-state index contributed by atoms with van der Waals surface area (Å²) in [5.41, 5.74) is 2.00. The standard InChI is InChI=1S/C21H18Cl2N2O3S/c1-14-6-3-8-16(12-14)25(2)29(27,28)17-9-4-7-15(13-17)21(26)24-19-11-5-10-18(22)20(19)23/h3-13H,1-2H3,(H,24,26). The Balaban J connectivity index is 1.90. The van der Waals surface area contributed by atoms with E-state index in [0.29, 0.717) is 16.4 Å². The Morgan fingerprint density at radius 3 is 2.38 bits per heavy atom. The van der Waals surface area contributed by atoms with Crippen molar-refractivity contribution in [1.29, 1.82) is 0 Å². The Bertz CT molecular complexity index is 1180. The van der Waals surface area contributed by atoms with Gasteiger partial charge in [-0.05, 0) is 55.0 Å². The minimum Gasteiger partial charge on any atom is -0.321 e. The van der Waals surface area contributed by atoms with Crippen molar-refractivity contribution in [2.75, 3.05) is 16.7 Å². The van der Waals surface area contributed by atoms with Crippen LogP contribution >= 0.6 is 23.2 Å². The first-order valence-corrected chi connectivity index (χ1v) is 10.8. The number of hydrogen-bond donors (Lipinski definition) is 1. The summed E-state index contributed by atoms with van der Waals surface area (Å²) in [6, 6.07) is 17.8. The molecule has 8 heteroatoms. The normalized spacial score (nSPS) is 11.2. The molecule has 3 aromatic carbocycles. The van der Waals surface area contributed by atoms with Crippen molar-refractivity contribution >= 4 is 50.5 Å². The highest BCUT2D eigenvalue weighted by Gasteiger charge is 2.22. The zero-order valence-electron chi connectivity index (χ0n) is 15.7. The fraction of sp³-hybridized carbons (Fsp3) is 0.0952. The Hall–Kier alpha value is -2.54. The van der Waals surface area contributed by atoms with Gasteiger partial charge >= 0.3 is 0 Å². The number of nitrogens with one attached hydrogen (secondary N) is 1. The van der Waals surface area contributed by atoms with Crippen molar-refractivity contribution in [3.05, 3.63) is 87.9 Å². The molecule has 0 atom stereocenters. The first-order chi connectivity index (χ1) is 13.7. The quantitative estimate of drug-likeness (QED) is 0.569. The molecule has 150 valence electrons. The van der Waals surface area contributed by atoms with Gasteiger partial charge in [0.1, 0.15) is 0 Å². The highest BCUT2D eigenvalue weighted by atomic mass is 35.5. The molecule has 3 rings (SSSR count). The zero-order chi connectivity index (χ0) is 21.2. The summed E-state index contributed by atoms with van der Waals surface area (Å²) in [5.74, 6) is -0.496. The minimum atomic E-state index is -3.85. The molecule has 0 aliphatic carbocycles. The molecule has 0 aliphatic heterocycles. The molecule has 0 bridgehead atoms. The van der Waals surface area contributed by atoms with E-state index in [-0.39, 0.29) is 15.5 Å². The summed E-state index contributed by atoms with van der Waals surface area (Å²) in [6.45, 7) is 1.88. The van der Waals surface area contributed by atoms with E-state index >= 15 is 0 Å². The van der Waals surface area contributed by atoms with Gasteiger partial charge in [-0.3, -0.25) is 9.10 Å². The van der Waals surface area contributed by atoms with E-state index in [1.807, 2.05) is 13.0 Å². The van der Waals surface area contributed by atoms with Gasteiger partial charge in [0.25, 0.3) is 15.9 Å². The largest absolute Gasteiger partial charge is 0.321 e. The van der Waals surface area contributed by atoms with Crippen LogP contribution in [0.15, 0.2) is 71.6 Å². The van der Waals surface area contributed by atoms with Gasteiger partial charge in [0.05, 0.1) is 26.3 Å². The van der Waals surface area contributed by atoms with Crippen LogP contribution in [-0.2, 0) is 10.0 Å². The highest BCUT2D eigenvalue weighted by molar-refractivity contribution is 7.92. The van der Waals surface area contributed by atoms with Crippen molar-refractivity contribution in [2.24, 2.45) is 0 Å². The molecule has 0 fully saturated rings. The van der Waals surface area contributed by atoms with Crippen LogP contribution in [0.25, 0.3) is 0 Å². The minimum absolute atomic E-state index is 0.00588. The second-order valence-corrected chi connectivity index (χ2v) is 9.15. The maximum Gasteiger partial charge on any atom is 0.264 e. The van der Waals surface area contributed by atoms with Gasteiger partial charge in [-0.15, -0.1) is 0 Å². The molecule has 0 unspecified atom stereocenters. The smallest absolute Gasteiger partial charge is 0.264 e. The number of sulfonamides is 1. The Morgan fingerprint density at radius 1 is 0.966 bits per heavy atom. The third-order valence-corrected chi connectivity index (χ3v) is 6.92. The number of carbonyl (C=O) groups is 1. The molecule has 0 radical (unpaired) electrons. The molecule has 0 aliphatic rings. The van der Waals surface area contributed by atoms with Gasteiger partial charge in [-0.1, -0.05) is 47.5 Å². The number of nitrogens with zero attached hydrogens (tertiary/aromatic N) is 1. The zero-order valence-corrected chi connectivity index (χ0v) is 18.0. The fourth-order valence-electron chi connectivity index (χ4n) is 2.71. The van der Waals surface area contributed by atoms with E-state index < -0.39 is 15.9 Å². The molecule has 1 amide bonds. The maximum atomic E-state index is 13.0. The lowest BCUT2D eigenvalue weighted by Gasteiger charge is -2.20. The van der Waals surface area contributed by atoms with Gasteiger partial charge in [-0.2, -0.15) is 0 Å². The van der Waals surface area contributed by atoms with E-state index in [9.17, 15) is 13.2 Å². The van der Waals surface area contributed by atoms with Crippen LogP contribution in [-0.4, -0.2) is 21.4 Å². The van der Waals surface area contributed by atoms with Crippen molar-refractivity contribution in [3.63, 3.8) is 0 Å². The molecule has 1 N–H and O–H groups in total. The lowest BCUT2D eigenvalue weighted by Crippen LogP contribution is -2.27. The third-order valence-electron chi connectivity index (χ3n) is 4.32. The second kappa shape index (κ2) is 8.45.